The van der Waals surface area contributed by atoms with E-state index >= 15 is 0 Å². The summed E-state index contributed by atoms with van der Waals surface area (Å²) >= 11 is 0. The predicted octanol–water partition coefficient (Wildman–Crippen LogP) is 2.49. The first kappa shape index (κ1) is 10.8. The van der Waals surface area contributed by atoms with Gasteiger partial charge in [0, 0.05) is 18.8 Å². The number of aromatic nitrogens is 2. The smallest absolute Gasteiger partial charge is 0.182 e. The molecule has 3 nitrogen and oxygen atoms in total. The second-order valence-corrected chi connectivity index (χ2v) is 4.57. The van der Waals surface area contributed by atoms with Gasteiger partial charge in [0.2, 0.25) is 0 Å². The van der Waals surface area contributed by atoms with E-state index in [1.165, 1.54) is 6.20 Å². The molecule has 0 aromatic carbocycles. The minimum absolute atomic E-state index is 0.0769. The molecule has 0 saturated heterocycles. The molecule has 1 aromatic rings. The first-order valence-electron chi connectivity index (χ1n) is 4.78. The Morgan fingerprint density at radius 1 is 1.36 bits per heavy atom. The minimum atomic E-state index is 0.0769. The second kappa shape index (κ2) is 4.31. The van der Waals surface area contributed by atoms with Crippen LogP contribution in [0.1, 0.15) is 44.1 Å². The van der Waals surface area contributed by atoms with Gasteiger partial charge in [-0.2, -0.15) is 0 Å². The maximum absolute atomic E-state index is 11.6. The van der Waals surface area contributed by atoms with Gasteiger partial charge in [-0.15, -0.1) is 0 Å². The molecule has 0 spiro atoms. The minimum Gasteiger partial charge on any atom is -0.292 e. The van der Waals surface area contributed by atoms with Crippen LogP contribution in [0.2, 0.25) is 0 Å². The highest BCUT2D eigenvalue weighted by Gasteiger charge is 2.14. The van der Waals surface area contributed by atoms with Crippen molar-refractivity contribution < 1.29 is 4.79 Å². The lowest BCUT2D eigenvalue weighted by molar-refractivity contribution is 0.0960. The van der Waals surface area contributed by atoms with Crippen molar-refractivity contribution in [2.24, 2.45) is 5.41 Å². The number of Topliss-reactive ketones (excluding diaryl/α,β-unsaturated/α-hetero) is 1. The third kappa shape index (κ3) is 3.64. The Morgan fingerprint density at radius 2 is 2.07 bits per heavy atom. The highest BCUT2D eigenvalue weighted by Crippen LogP contribution is 2.21. The van der Waals surface area contributed by atoms with Gasteiger partial charge in [0.15, 0.2) is 5.78 Å². The van der Waals surface area contributed by atoms with Gasteiger partial charge < -0.3 is 0 Å². The van der Waals surface area contributed by atoms with Crippen LogP contribution in [-0.2, 0) is 0 Å². The fourth-order valence-corrected chi connectivity index (χ4v) is 1.06. The van der Waals surface area contributed by atoms with E-state index in [2.05, 4.69) is 30.7 Å². The van der Waals surface area contributed by atoms with E-state index in [4.69, 9.17) is 0 Å². The van der Waals surface area contributed by atoms with Gasteiger partial charge in [0.25, 0.3) is 0 Å². The molecule has 0 fully saturated rings. The maximum atomic E-state index is 11.6. The van der Waals surface area contributed by atoms with E-state index < -0.39 is 0 Å². The van der Waals surface area contributed by atoms with E-state index in [9.17, 15) is 4.79 Å². The normalized spacial score (nSPS) is 11.4. The quantitative estimate of drug-likeness (QED) is 0.691. The number of hydrogen-bond donors (Lipinski definition) is 0. The molecule has 14 heavy (non-hydrogen) atoms. The van der Waals surface area contributed by atoms with Crippen LogP contribution in [-0.4, -0.2) is 15.8 Å². The summed E-state index contributed by atoms with van der Waals surface area (Å²) < 4.78 is 0. The summed E-state index contributed by atoms with van der Waals surface area (Å²) in [6.07, 6.45) is 6.06. The molecule has 1 aromatic heterocycles. The Hall–Kier alpha value is -1.25. The Labute approximate surface area is 84.6 Å². The SMILES string of the molecule is CC(C)(C)CCC(=O)c1cnccn1. The van der Waals surface area contributed by atoms with Crippen molar-refractivity contribution >= 4 is 5.78 Å². The Balaban J connectivity index is 2.52. The molecule has 76 valence electrons. The van der Waals surface area contributed by atoms with Crippen LogP contribution in [0.25, 0.3) is 0 Å². The maximum Gasteiger partial charge on any atom is 0.182 e. The van der Waals surface area contributed by atoms with Crippen LogP contribution in [0, 0.1) is 5.41 Å². The van der Waals surface area contributed by atoms with E-state index in [1.807, 2.05) is 0 Å². The van der Waals surface area contributed by atoms with Crippen molar-refractivity contribution in [2.45, 2.75) is 33.6 Å². The van der Waals surface area contributed by atoms with Crippen LogP contribution < -0.4 is 0 Å². The molecule has 0 amide bonds. The highest BCUT2D eigenvalue weighted by atomic mass is 16.1. The van der Waals surface area contributed by atoms with Crippen LogP contribution in [0.5, 0.6) is 0 Å². The predicted molar refractivity (Wildman–Crippen MR) is 55.1 cm³/mol. The van der Waals surface area contributed by atoms with Crippen LogP contribution in [0.15, 0.2) is 18.6 Å². The zero-order chi connectivity index (χ0) is 10.6. The van der Waals surface area contributed by atoms with Crippen molar-refractivity contribution in [1.82, 2.24) is 9.97 Å². The van der Waals surface area contributed by atoms with Gasteiger partial charge in [0.1, 0.15) is 5.69 Å². The fraction of sp³-hybridized carbons (Fsp3) is 0.545. The third-order valence-electron chi connectivity index (χ3n) is 1.95. The molecule has 0 aliphatic rings. The molecule has 1 rings (SSSR count). The fourth-order valence-electron chi connectivity index (χ4n) is 1.06. The molecule has 0 aliphatic heterocycles. The van der Waals surface area contributed by atoms with Crippen LogP contribution in [0.4, 0.5) is 0 Å². The lowest BCUT2D eigenvalue weighted by atomic mass is 9.89. The first-order valence-corrected chi connectivity index (χ1v) is 4.78. The summed E-state index contributed by atoms with van der Waals surface area (Å²) in [6, 6.07) is 0. The number of hydrogen-bond acceptors (Lipinski definition) is 3. The molecule has 0 N–H and O–H groups in total. The third-order valence-corrected chi connectivity index (χ3v) is 1.95. The Morgan fingerprint density at radius 3 is 2.57 bits per heavy atom. The summed E-state index contributed by atoms with van der Waals surface area (Å²) in [7, 11) is 0. The Kier molecular flexibility index (Phi) is 3.33. The number of carbonyl (C=O) groups is 1. The van der Waals surface area contributed by atoms with E-state index in [0.717, 1.165) is 6.42 Å². The number of ketones is 1. The summed E-state index contributed by atoms with van der Waals surface area (Å²) in [5.41, 5.74) is 0.662. The van der Waals surface area contributed by atoms with Crippen molar-refractivity contribution in [3.05, 3.63) is 24.3 Å². The Bertz CT molecular complexity index is 301. The molecule has 3 heteroatoms. The van der Waals surface area contributed by atoms with E-state index in [1.54, 1.807) is 12.4 Å². The highest BCUT2D eigenvalue weighted by molar-refractivity contribution is 5.93. The first-order chi connectivity index (χ1) is 6.49. The summed E-state index contributed by atoms with van der Waals surface area (Å²) in [4.78, 5) is 19.4. The van der Waals surface area contributed by atoms with Crippen molar-refractivity contribution in [3.8, 4) is 0 Å². The summed E-state index contributed by atoms with van der Waals surface area (Å²) in [6.45, 7) is 6.37. The largest absolute Gasteiger partial charge is 0.292 e. The van der Waals surface area contributed by atoms with Crippen molar-refractivity contribution in [1.29, 1.82) is 0 Å². The van der Waals surface area contributed by atoms with Gasteiger partial charge in [-0.25, -0.2) is 4.98 Å². The molecular weight excluding hydrogens is 176 g/mol. The zero-order valence-corrected chi connectivity index (χ0v) is 8.95. The molecule has 0 saturated carbocycles. The van der Waals surface area contributed by atoms with E-state index in [0.29, 0.717) is 12.1 Å². The average Bonchev–Trinajstić information content (AvgIpc) is 2.14. The van der Waals surface area contributed by atoms with Gasteiger partial charge in [0.05, 0.1) is 6.20 Å². The topological polar surface area (TPSA) is 42.9 Å². The van der Waals surface area contributed by atoms with Gasteiger partial charge in [-0.1, -0.05) is 20.8 Å². The van der Waals surface area contributed by atoms with Gasteiger partial charge >= 0.3 is 0 Å². The van der Waals surface area contributed by atoms with Gasteiger partial charge in [-0.3, -0.25) is 9.78 Å². The molecule has 0 radical (unpaired) electrons. The monoisotopic (exact) mass is 192 g/mol. The molecular formula is C11H16N2O. The van der Waals surface area contributed by atoms with E-state index in [-0.39, 0.29) is 11.2 Å². The summed E-state index contributed by atoms with van der Waals surface area (Å²) in [5.74, 6) is 0.0769. The average molecular weight is 192 g/mol. The van der Waals surface area contributed by atoms with Crippen molar-refractivity contribution in [2.75, 3.05) is 0 Å². The number of nitrogens with zero attached hydrogens (tertiary/aromatic N) is 2. The number of carbonyl (C=O) groups excluding carboxylic acids is 1. The van der Waals surface area contributed by atoms with Crippen molar-refractivity contribution in [3.63, 3.8) is 0 Å². The summed E-state index contributed by atoms with van der Waals surface area (Å²) in [5, 5.41) is 0. The van der Waals surface area contributed by atoms with Crippen LogP contribution >= 0.6 is 0 Å². The zero-order valence-electron chi connectivity index (χ0n) is 8.95. The molecule has 0 unspecified atom stereocenters. The lowest BCUT2D eigenvalue weighted by Crippen LogP contribution is -2.10. The van der Waals surface area contributed by atoms with Gasteiger partial charge in [-0.05, 0) is 11.8 Å². The van der Waals surface area contributed by atoms with Crippen LogP contribution in [0.3, 0.4) is 0 Å². The molecule has 0 bridgehead atoms. The standard InChI is InChI=1S/C11H16N2O/c1-11(2,3)5-4-10(14)9-8-12-6-7-13-9/h6-8H,4-5H2,1-3H3. The molecule has 1 heterocycles. The molecule has 0 atom stereocenters. The second-order valence-electron chi connectivity index (χ2n) is 4.57. The number of rotatable bonds is 3. The molecule has 0 aliphatic carbocycles. The lowest BCUT2D eigenvalue weighted by Gasteiger charge is -2.16.